The zero-order valence-electron chi connectivity index (χ0n) is 8.85. The summed E-state index contributed by atoms with van der Waals surface area (Å²) in [6.45, 7) is 2.12. The number of hydrogen-bond acceptors (Lipinski definition) is 2. The van der Waals surface area contributed by atoms with Gasteiger partial charge in [-0.3, -0.25) is 0 Å². The summed E-state index contributed by atoms with van der Waals surface area (Å²) in [6.07, 6.45) is -4.45. The van der Waals surface area contributed by atoms with Crippen LogP contribution < -0.4 is 10.1 Å². The summed E-state index contributed by atoms with van der Waals surface area (Å²) in [4.78, 5) is 0. The quantitative estimate of drug-likeness (QED) is 0.907. The molecule has 0 bridgehead atoms. The van der Waals surface area contributed by atoms with E-state index in [0.717, 1.165) is 19.2 Å². The Labute approximate surface area is 102 Å². The first-order valence-corrected chi connectivity index (χ1v) is 5.55. The number of alkyl halides is 3. The van der Waals surface area contributed by atoms with Crippen molar-refractivity contribution in [1.82, 2.24) is 5.32 Å². The van der Waals surface area contributed by atoms with Gasteiger partial charge in [0, 0.05) is 19.0 Å². The molecule has 1 saturated heterocycles. The van der Waals surface area contributed by atoms with Gasteiger partial charge in [-0.05, 0) is 18.2 Å². The largest absolute Gasteiger partial charge is 0.493 e. The van der Waals surface area contributed by atoms with Gasteiger partial charge in [0.1, 0.15) is 5.75 Å². The molecule has 1 fully saturated rings. The molecule has 1 aromatic rings. The first-order chi connectivity index (χ1) is 7.97. The number of benzene rings is 1. The maximum absolute atomic E-state index is 12.6. The fourth-order valence-electron chi connectivity index (χ4n) is 1.49. The molecule has 17 heavy (non-hydrogen) atoms. The minimum Gasteiger partial charge on any atom is -0.493 e. The Morgan fingerprint density at radius 2 is 2.06 bits per heavy atom. The predicted molar refractivity (Wildman–Crippen MR) is 58.3 cm³/mol. The topological polar surface area (TPSA) is 21.3 Å². The summed E-state index contributed by atoms with van der Waals surface area (Å²) in [7, 11) is 0. The van der Waals surface area contributed by atoms with Crippen LogP contribution in [0.3, 0.4) is 0 Å². The van der Waals surface area contributed by atoms with Crippen molar-refractivity contribution < 1.29 is 17.9 Å². The molecule has 2 rings (SSSR count). The van der Waals surface area contributed by atoms with Crippen LogP contribution in [-0.2, 0) is 6.18 Å². The fraction of sp³-hybridized carbons (Fsp3) is 0.455. The lowest BCUT2D eigenvalue weighted by Gasteiger charge is -2.26. The molecule has 0 saturated carbocycles. The minimum absolute atomic E-state index is 0.202. The first kappa shape index (κ1) is 12.5. The van der Waals surface area contributed by atoms with E-state index < -0.39 is 11.7 Å². The molecule has 0 atom stereocenters. The van der Waals surface area contributed by atoms with Crippen LogP contribution in [0.25, 0.3) is 0 Å². The van der Waals surface area contributed by atoms with Gasteiger partial charge in [0.15, 0.2) is 0 Å². The van der Waals surface area contributed by atoms with Crippen molar-refractivity contribution in [3.63, 3.8) is 0 Å². The third-order valence-corrected chi connectivity index (χ3v) is 2.92. The van der Waals surface area contributed by atoms with Crippen molar-refractivity contribution in [3.8, 4) is 5.75 Å². The summed E-state index contributed by atoms with van der Waals surface area (Å²) in [5.41, 5.74) is -0.858. The molecule has 0 spiro atoms. The lowest BCUT2D eigenvalue weighted by molar-refractivity contribution is -0.137. The third-order valence-electron chi connectivity index (χ3n) is 2.59. The van der Waals surface area contributed by atoms with Gasteiger partial charge in [0.2, 0.25) is 0 Å². The molecule has 6 heteroatoms. The van der Waals surface area contributed by atoms with Crippen molar-refractivity contribution in [2.24, 2.45) is 5.92 Å². The average molecular weight is 266 g/mol. The Hall–Kier alpha value is -0.940. The van der Waals surface area contributed by atoms with Crippen LogP contribution in [0.5, 0.6) is 5.75 Å². The van der Waals surface area contributed by atoms with Gasteiger partial charge >= 0.3 is 6.18 Å². The van der Waals surface area contributed by atoms with E-state index in [1.165, 1.54) is 12.1 Å². The number of ether oxygens (including phenoxy) is 1. The van der Waals surface area contributed by atoms with Crippen LogP contribution in [0.1, 0.15) is 5.56 Å². The van der Waals surface area contributed by atoms with Crippen LogP contribution >= 0.6 is 11.6 Å². The highest BCUT2D eigenvalue weighted by Crippen LogP contribution is 2.36. The lowest BCUT2D eigenvalue weighted by atomic mass is 10.1. The van der Waals surface area contributed by atoms with E-state index in [-0.39, 0.29) is 10.8 Å². The van der Waals surface area contributed by atoms with E-state index in [4.69, 9.17) is 16.3 Å². The molecule has 0 radical (unpaired) electrons. The molecule has 0 aromatic heterocycles. The molecule has 1 aliphatic rings. The van der Waals surface area contributed by atoms with Gasteiger partial charge in [-0.2, -0.15) is 13.2 Å². The minimum atomic E-state index is -4.45. The molecular weight excluding hydrogens is 255 g/mol. The van der Waals surface area contributed by atoms with Crippen LogP contribution in [0.2, 0.25) is 5.02 Å². The van der Waals surface area contributed by atoms with E-state index >= 15 is 0 Å². The zero-order valence-corrected chi connectivity index (χ0v) is 9.61. The van der Waals surface area contributed by atoms with Gasteiger partial charge in [0.25, 0.3) is 0 Å². The molecule has 1 heterocycles. The Bertz CT molecular complexity index is 404. The van der Waals surface area contributed by atoms with Crippen LogP contribution in [0.4, 0.5) is 13.2 Å². The molecule has 0 amide bonds. The van der Waals surface area contributed by atoms with Crippen molar-refractivity contribution in [2.75, 3.05) is 19.7 Å². The van der Waals surface area contributed by atoms with Crippen molar-refractivity contribution in [1.29, 1.82) is 0 Å². The van der Waals surface area contributed by atoms with E-state index in [2.05, 4.69) is 5.32 Å². The second-order valence-corrected chi connectivity index (χ2v) is 4.38. The summed E-state index contributed by atoms with van der Waals surface area (Å²) < 4.78 is 43.0. The monoisotopic (exact) mass is 265 g/mol. The van der Waals surface area contributed by atoms with E-state index in [0.29, 0.717) is 12.5 Å². The molecule has 1 aromatic carbocycles. The van der Waals surface area contributed by atoms with Crippen molar-refractivity contribution in [2.45, 2.75) is 6.18 Å². The Balaban J connectivity index is 2.07. The van der Waals surface area contributed by atoms with Crippen molar-refractivity contribution >= 4 is 11.6 Å². The molecule has 2 nitrogen and oxygen atoms in total. The molecule has 0 unspecified atom stereocenters. The Morgan fingerprint density at radius 3 is 2.59 bits per heavy atom. The highest BCUT2D eigenvalue weighted by molar-refractivity contribution is 6.31. The standard InChI is InChI=1S/C11H11ClF3NO/c12-10-2-1-8(3-9(10)11(13,14)15)17-6-7-4-16-5-7/h1-3,7,16H,4-6H2. The molecule has 0 aliphatic carbocycles. The lowest BCUT2D eigenvalue weighted by Crippen LogP contribution is -2.45. The zero-order chi connectivity index (χ0) is 12.5. The van der Waals surface area contributed by atoms with Crippen molar-refractivity contribution in [3.05, 3.63) is 28.8 Å². The normalized spacial score (nSPS) is 16.7. The summed E-state index contributed by atoms with van der Waals surface area (Å²) in [5, 5.41) is 2.75. The summed E-state index contributed by atoms with van der Waals surface area (Å²) in [6, 6.07) is 3.59. The SMILES string of the molecule is FC(F)(F)c1cc(OCC2CNC2)ccc1Cl. The van der Waals surface area contributed by atoms with Gasteiger partial charge in [-0.1, -0.05) is 11.6 Å². The summed E-state index contributed by atoms with van der Waals surface area (Å²) in [5.74, 6) is 0.577. The van der Waals surface area contributed by atoms with Gasteiger partial charge in [-0.15, -0.1) is 0 Å². The molecule has 1 aliphatic heterocycles. The van der Waals surface area contributed by atoms with Crippen LogP contribution in [-0.4, -0.2) is 19.7 Å². The molecule has 94 valence electrons. The molecular formula is C11H11ClF3NO. The van der Waals surface area contributed by atoms with Gasteiger partial charge in [0.05, 0.1) is 17.2 Å². The number of halogens is 4. The Kier molecular flexibility index (Phi) is 3.49. The summed E-state index contributed by atoms with van der Waals surface area (Å²) >= 11 is 5.50. The van der Waals surface area contributed by atoms with E-state index in [1.807, 2.05) is 0 Å². The van der Waals surface area contributed by atoms with Crippen LogP contribution in [0, 0.1) is 5.92 Å². The maximum atomic E-state index is 12.6. The Morgan fingerprint density at radius 1 is 1.35 bits per heavy atom. The number of rotatable bonds is 3. The maximum Gasteiger partial charge on any atom is 0.417 e. The third kappa shape index (κ3) is 3.04. The number of nitrogens with one attached hydrogen (secondary N) is 1. The smallest absolute Gasteiger partial charge is 0.417 e. The van der Waals surface area contributed by atoms with Gasteiger partial charge in [-0.25, -0.2) is 0 Å². The fourth-order valence-corrected chi connectivity index (χ4v) is 1.72. The highest BCUT2D eigenvalue weighted by atomic mass is 35.5. The highest BCUT2D eigenvalue weighted by Gasteiger charge is 2.33. The number of hydrogen-bond donors (Lipinski definition) is 1. The van der Waals surface area contributed by atoms with Crippen LogP contribution in [0.15, 0.2) is 18.2 Å². The second-order valence-electron chi connectivity index (χ2n) is 3.97. The average Bonchev–Trinajstić information content (AvgIpc) is 2.16. The van der Waals surface area contributed by atoms with E-state index in [9.17, 15) is 13.2 Å². The predicted octanol–water partition coefficient (Wildman–Crippen LogP) is 2.96. The van der Waals surface area contributed by atoms with Gasteiger partial charge < -0.3 is 10.1 Å². The second kappa shape index (κ2) is 4.74. The molecule has 1 N–H and O–H groups in total. The van der Waals surface area contributed by atoms with E-state index in [1.54, 1.807) is 0 Å². The first-order valence-electron chi connectivity index (χ1n) is 5.17.